The first-order valence-corrected chi connectivity index (χ1v) is 5.69. The first kappa shape index (κ1) is 14.8. The van der Waals surface area contributed by atoms with Crippen molar-refractivity contribution < 1.29 is 24.2 Å². The number of rotatable bonds is 8. The number of hydrogen-bond donors (Lipinski definition) is 3. The highest BCUT2D eigenvalue weighted by molar-refractivity contribution is 5.90. The fraction of sp³-hybridized carbons (Fsp3) is 0.333. The lowest BCUT2D eigenvalue weighted by Crippen LogP contribution is -2.27. The summed E-state index contributed by atoms with van der Waals surface area (Å²) in [6.45, 7) is 1.44. The van der Waals surface area contributed by atoms with Crippen LogP contribution >= 0.6 is 0 Å². The summed E-state index contributed by atoms with van der Waals surface area (Å²) in [6, 6.07) is 6.41. The molecule has 0 unspecified atom stereocenters. The average molecular weight is 268 g/mol. The maximum Gasteiger partial charge on any atom is 0.404 e. The minimum absolute atomic E-state index is 0.125. The van der Waals surface area contributed by atoms with Crippen LogP contribution in [0.25, 0.3) is 0 Å². The zero-order valence-corrected chi connectivity index (χ0v) is 10.3. The van der Waals surface area contributed by atoms with E-state index in [0.29, 0.717) is 25.4 Å². The molecule has 1 amide bonds. The third-order valence-electron chi connectivity index (χ3n) is 2.18. The van der Waals surface area contributed by atoms with Gasteiger partial charge < -0.3 is 25.6 Å². The van der Waals surface area contributed by atoms with E-state index in [-0.39, 0.29) is 12.2 Å². The molecule has 0 aliphatic rings. The Kier molecular flexibility index (Phi) is 6.17. The largest absolute Gasteiger partial charge is 0.491 e. The lowest BCUT2D eigenvalue weighted by Gasteiger charge is -2.09. The second-order valence-corrected chi connectivity index (χ2v) is 3.57. The number of carboxylic acids is 1. The van der Waals surface area contributed by atoms with Gasteiger partial charge in [0, 0.05) is 13.1 Å². The van der Waals surface area contributed by atoms with Gasteiger partial charge in [-0.1, -0.05) is 12.1 Å². The molecule has 0 fully saturated rings. The van der Waals surface area contributed by atoms with Crippen molar-refractivity contribution in [2.24, 2.45) is 5.73 Å². The highest BCUT2D eigenvalue weighted by Crippen LogP contribution is 2.17. The monoisotopic (exact) mass is 268 g/mol. The van der Waals surface area contributed by atoms with Crippen LogP contribution in [0.4, 0.5) is 4.79 Å². The van der Waals surface area contributed by atoms with Crippen LogP contribution < -0.4 is 15.8 Å². The van der Waals surface area contributed by atoms with E-state index < -0.39 is 12.1 Å². The van der Waals surface area contributed by atoms with Crippen LogP contribution in [0.1, 0.15) is 10.4 Å². The van der Waals surface area contributed by atoms with Gasteiger partial charge in [0.25, 0.3) is 0 Å². The number of aromatic carboxylic acids is 1. The van der Waals surface area contributed by atoms with E-state index in [1.54, 1.807) is 18.2 Å². The van der Waals surface area contributed by atoms with Crippen molar-refractivity contribution >= 4 is 12.1 Å². The molecule has 1 aromatic carbocycles. The molecule has 0 atom stereocenters. The number of primary amides is 1. The molecule has 0 saturated carbocycles. The van der Waals surface area contributed by atoms with Gasteiger partial charge in [0.15, 0.2) is 0 Å². The normalized spacial score (nSPS) is 9.89. The highest BCUT2D eigenvalue weighted by Gasteiger charge is 2.09. The van der Waals surface area contributed by atoms with Crippen LogP contribution in [0.15, 0.2) is 24.3 Å². The smallest absolute Gasteiger partial charge is 0.404 e. The summed E-state index contributed by atoms with van der Waals surface area (Å²) in [4.78, 5) is 21.2. The van der Waals surface area contributed by atoms with Gasteiger partial charge in [0.1, 0.15) is 24.5 Å². The van der Waals surface area contributed by atoms with E-state index in [2.05, 4.69) is 10.1 Å². The number of nitrogens with two attached hydrogens (primary N) is 1. The molecule has 0 radical (unpaired) electrons. The third kappa shape index (κ3) is 5.73. The zero-order valence-electron chi connectivity index (χ0n) is 10.3. The zero-order chi connectivity index (χ0) is 14.1. The molecule has 0 aliphatic heterocycles. The fourth-order valence-electron chi connectivity index (χ4n) is 1.35. The van der Waals surface area contributed by atoms with E-state index >= 15 is 0 Å². The summed E-state index contributed by atoms with van der Waals surface area (Å²) in [7, 11) is 0. The minimum Gasteiger partial charge on any atom is -0.491 e. The van der Waals surface area contributed by atoms with Gasteiger partial charge in [-0.05, 0) is 12.1 Å². The van der Waals surface area contributed by atoms with Crippen LogP contribution in [-0.4, -0.2) is 43.5 Å². The number of nitrogens with one attached hydrogen (secondary N) is 1. The minimum atomic E-state index is -1.03. The fourth-order valence-corrected chi connectivity index (χ4v) is 1.35. The number of carbonyl (C=O) groups is 2. The van der Waals surface area contributed by atoms with Crippen molar-refractivity contribution in [2.45, 2.75) is 0 Å². The number of amides is 1. The SMILES string of the molecule is NC(=O)OCCNCCOc1ccccc1C(=O)O. The lowest BCUT2D eigenvalue weighted by atomic mass is 10.2. The first-order chi connectivity index (χ1) is 9.11. The quantitative estimate of drug-likeness (QED) is 0.590. The Labute approximate surface area is 110 Å². The summed E-state index contributed by atoms with van der Waals surface area (Å²) in [6.07, 6.45) is -0.812. The summed E-state index contributed by atoms with van der Waals surface area (Å²) >= 11 is 0. The Morgan fingerprint density at radius 3 is 2.58 bits per heavy atom. The maximum absolute atomic E-state index is 10.9. The van der Waals surface area contributed by atoms with Crippen molar-refractivity contribution in [1.29, 1.82) is 0 Å². The second kappa shape index (κ2) is 7.93. The molecule has 0 aliphatic carbocycles. The van der Waals surface area contributed by atoms with Gasteiger partial charge in [-0.3, -0.25) is 0 Å². The molecule has 1 aromatic rings. The van der Waals surface area contributed by atoms with Crippen LogP contribution in [-0.2, 0) is 4.74 Å². The van der Waals surface area contributed by atoms with Crippen molar-refractivity contribution in [1.82, 2.24) is 5.32 Å². The predicted octanol–water partition coefficient (Wildman–Crippen LogP) is 0.448. The Hall–Kier alpha value is -2.28. The van der Waals surface area contributed by atoms with E-state index in [1.165, 1.54) is 6.07 Å². The van der Waals surface area contributed by atoms with E-state index in [9.17, 15) is 9.59 Å². The number of ether oxygens (including phenoxy) is 2. The van der Waals surface area contributed by atoms with Crippen LogP contribution in [0, 0.1) is 0 Å². The molecular formula is C12H16N2O5. The first-order valence-electron chi connectivity index (χ1n) is 5.69. The van der Waals surface area contributed by atoms with Crippen molar-refractivity contribution in [3.63, 3.8) is 0 Å². The number of hydrogen-bond acceptors (Lipinski definition) is 5. The molecule has 0 heterocycles. The Balaban J connectivity index is 2.23. The molecule has 104 valence electrons. The second-order valence-electron chi connectivity index (χ2n) is 3.57. The molecule has 7 heteroatoms. The van der Waals surface area contributed by atoms with Crippen molar-refractivity contribution in [3.8, 4) is 5.75 Å². The summed E-state index contributed by atoms with van der Waals surface area (Å²) in [5, 5.41) is 11.9. The highest BCUT2D eigenvalue weighted by atomic mass is 16.5. The van der Waals surface area contributed by atoms with Gasteiger partial charge in [-0.15, -0.1) is 0 Å². The van der Waals surface area contributed by atoms with Crippen LogP contribution in [0.5, 0.6) is 5.75 Å². The average Bonchev–Trinajstić information content (AvgIpc) is 2.37. The molecule has 1 rings (SSSR count). The molecule has 0 spiro atoms. The van der Waals surface area contributed by atoms with Gasteiger partial charge in [-0.2, -0.15) is 0 Å². The molecule has 19 heavy (non-hydrogen) atoms. The van der Waals surface area contributed by atoms with Crippen molar-refractivity contribution in [2.75, 3.05) is 26.3 Å². The Morgan fingerprint density at radius 1 is 1.21 bits per heavy atom. The third-order valence-corrected chi connectivity index (χ3v) is 2.18. The molecule has 4 N–H and O–H groups in total. The maximum atomic E-state index is 10.9. The number of benzene rings is 1. The van der Waals surface area contributed by atoms with E-state index in [1.807, 2.05) is 0 Å². The van der Waals surface area contributed by atoms with Gasteiger partial charge in [-0.25, -0.2) is 9.59 Å². The van der Waals surface area contributed by atoms with Crippen LogP contribution in [0.2, 0.25) is 0 Å². The molecule has 7 nitrogen and oxygen atoms in total. The summed E-state index contributed by atoms with van der Waals surface area (Å²) in [5.74, 6) is -0.705. The summed E-state index contributed by atoms with van der Waals surface area (Å²) in [5.41, 5.74) is 4.91. The molecular weight excluding hydrogens is 252 g/mol. The Bertz CT molecular complexity index is 436. The molecule has 0 saturated heterocycles. The van der Waals surface area contributed by atoms with E-state index in [0.717, 1.165) is 0 Å². The van der Waals surface area contributed by atoms with Crippen molar-refractivity contribution in [3.05, 3.63) is 29.8 Å². The van der Waals surface area contributed by atoms with Crippen LogP contribution in [0.3, 0.4) is 0 Å². The van der Waals surface area contributed by atoms with Gasteiger partial charge >= 0.3 is 12.1 Å². The number of carboxylic acid groups (broad SMARTS) is 1. The topological polar surface area (TPSA) is 111 Å². The summed E-state index contributed by atoms with van der Waals surface area (Å²) < 4.78 is 9.87. The van der Waals surface area contributed by atoms with Gasteiger partial charge in [0.05, 0.1) is 0 Å². The lowest BCUT2D eigenvalue weighted by molar-refractivity contribution is 0.0692. The Morgan fingerprint density at radius 2 is 1.89 bits per heavy atom. The standard InChI is InChI=1S/C12H16N2O5/c13-12(17)19-8-6-14-5-7-18-10-4-2-1-3-9(10)11(15)16/h1-4,14H,5-8H2,(H2,13,17)(H,15,16). The number of carbonyl (C=O) groups excluding carboxylic acids is 1. The molecule has 0 aromatic heterocycles. The number of para-hydroxylation sites is 1. The van der Waals surface area contributed by atoms with Gasteiger partial charge in [0.2, 0.25) is 0 Å². The van der Waals surface area contributed by atoms with E-state index in [4.69, 9.17) is 15.6 Å². The predicted molar refractivity (Wildman–Crippen MR) is 67.3 cm³/mol. The molecule has 0 bridgehead atoms.